The van der Waals surface area contributed by atoms with E-state index in [9.17, 15) is 9.18 Å². The zero-order chi connectivity index (χ0) is 21.9. The maximum atomic E-state index is 13.2. The van der Waals surface area contributed by atoms with Gasteiger partial charge in [0.15, 0.2) is 0 Å². The lowest BCUT2D eigenvalue weighted by Crippen LogP contribution is -2.39. The summed E-state index contributed by atoms with van der Waals surface area (Å²) in [7, 11) is 0. The van der Waals surface area contributed by atoms with Crippen LogP contribution in [0.4, 0.5) is 4.39 Å². The van der Waals surface area contributed by atoms with Gasteiger partial charge in [-0.3, -0.25) is 4.79 Å². The standard InChI is InChI=1S/C26H22FN3O2/c27-23-14-12-20(13-15-23)24-28-25(32-29-24)22-7-4-16-30(17-22)26(31)21-10-8-19(9-11-21)18-5-2-1-3-6-18/h1-3,5-6,8-15,22H,4,7,16-17H2. The van der Waals surface area contributed by atoms with Crippen LogP contribution in [-0.4, -0.2) is 34.0 Å². The van der Waals surface area contributed by atoms with Crippen molar-refractivity contribution in [2.45, 2.75) is 18.8 Å². The van der Waals surface area contributed by atoms with E-state index in [2.05, 4.69) is 22.3 Å². The van der Waals surface area contributed by atoms with E-state index in [0.717, 1.165) is 24.0 Å². The van der Waals surface area contributed by atoms with E-state index in [0.29, 0.717) is 35.9 Å². The van der Waals surface area contributed by atoms with Gasteiger partial charge in [-0.15, -0.1) is 0 Å². The molecule has 0 spiro atoms. The SMILES string of the molecule is O=C(c1ccc(-c2ccccc2)cc1)N1CCCC(c2nc(-c3ccc(F)cc3)no2)C1. The minimum Gasteiger partial charge on any atom is -0.339 e. The summed E-state index contributed by atoms with van der Waals surface area (Å²) in [5, 5.41) is 4.05. The molecule has 160 valence electrons. The number of rotatable bonds is 4. The average Bonchev–Trinajstić information content (AvgIpc) is 3.35. The van der Waals surface area contributed by atoms with E-state index in [1.165, 1.54) is 12.1 Å². The van der Waals surface area contributed by atoms with E-state index in [4.69, 9.17) is 4.52 Å². The van der Waals surface area contributed by atoms with Crippen molar-refractivity contribution in [2.24, 2.45) is 0 Å². The number of carbonyl (C=O) groups excluding carboxylic acids is 1. The molecular weight excluding hydrogens is 405 g/mol. The molecular formula is C26H22FN3O2. The molecule has 0 aliphatic carbocycles. The molecule has 0 radical (unpaired) electrons. The van der Waals surface area contributed by atoms with Gasteiger partial charge in [0.05, 0.1) is 5.92 Å². The largest absolute Gasteiger partial charge is 0.339 e. The fourth-order valence-electron chi connectivity index (χ4n) is 4.10. The molecule has 1 unspecified atom stereocenters. The lowest BCUT2D eigenvalue weighted by molar-refractivity contribution is 0.0695. The van der Waals surface area contributed by atoms with E-state index in [1.807, 2.05) is 47.4 Å². The number of halogens is 1. The summed E-state index contributed by atoms with van der Waals surface area (Å²) in [6.07, 6.45) is 1.74. The Bertz CT molecular complexity index is 1200. The summed E-state index contributed by atoms with van der Waals surface area (Å²) in [6.45, 7) is 1.24. The van der Waals surface area contributed by atoms with Gasteiger partial charge in [-0.25, -0.2) is 4.39 Å². The Hall–Kier alpha value is -3.80. The van der Waals surface area contributed by atoms with Crippen LogP contribution in [0, 0.1) is 5.82 Å². The number of nitrogens with zero attached hydrogens (tertiary/aromatic N) is 3. The maximum absolute atomic E-state index is 13.2. The number of likely N-dealkylation sites (tertiary alicyclic amines) is 1. The fourth-order valence-corrected chi connectivity index (χ4v) is 4.10. The Labute approximate surface area is 185 Å². The Morgan fingerprint density at radius 3 is 2.34 bits per heavy atom. The monoisotopic (exact) mass is 427 g/mol. The quantitative estimate of drug-likeness (QED) is 0.428. The van der Waals surface area contributed by atoms with Gasteiger partial charge in [0.25, 0.3) is 5.91 Å². The van der Waals surface area contributed by atoms with E-state index < -0.39 is 0 Å². The van der Waals surface area contributed by atoms with Crippen LogP contribution in [0.5, 0.6) is 0 Å². The highest BCUT2D eigenvalue weighted by molar-refractivity contribution is 5.94. The zero-order valence-electron chi connectivity index (χ0n) is 17.4. The van der Waals surface area contributed by atoms with Gasteiger partial charge < -0.3 is 9.42 Å². The molecule has 6 heteroatoms. The van der Waals surface area contributed by atoms with Crippen molar-refractivity contribution in [2.75, 3.05) is 13.1 Å². The number of aromatic nitrogens is 2. The summed E-state index contributed by atoms with van der Waals surface area (Å²) in [5.74, 6) is 0.627. The molecule has 3 aromatic carbocycles. The van der Waals surface area contributed by atoms with E-state index in [1.54, 1.807) is 12.1 Å². The summed E-state index contributed by atoms with van der Waals surface area (Å²) in [5.41, 5.74) is 3.57. The van der Waals surface area contributed by atoms with Crippen LogP contribution in [0.15, 0.2) is 83.4 Å². The molecule has 0 N–H and O–H groups in total. The maximum Gasteiger partial charge on any atom is 0.253 e. The number of amides is 1. The smallest absolute Gasteiger partial charge is 0.253 e. The normalized spacial score (nSPS) is 16.2. The zero-order valence-corrected chi connectivity index (χ0v) is 17.4. The van der Waals surface area contributed by atoms with Crippen molar-refractivity contribution in [1.82, 2.24) is 15.0 Å². The summed E-state index contributed by atoms with van der Waals surface area (Å²) in [4.78, 5) is 19.5. The fraction of sp³-hybridized carbons (Fsp3) is 0.192. The van der Waals surface area contributed by atoms with Crippen LogP contribution in [0.3, 0.4) is 0 Å². The van der Waals surface area contributed by atoms with Gasteiger partial charge in [-0.2, -0.15) is 4.98 Å². The third kappa shape index (κ3) is 4.17. The predicted octanol–water partition coefficient (Wildman–Crippen LogP) is 5.56. The molecule has 1 amide bonds. The highest BCUT2D eigenvalue weighted by atomic mass is 19.1. The topological polar surface area (TPSA) is 59.2 Å². The first-order valence-corrected chi connectivity index (χ1v) is 10.7. The lowest BCUT2D eigenvalue weighted by atomic mass is 9.97. The molecule has 0 bridgehead atoms. The molecule has 1 atom stereocenters. The Morgan fingerprint density at radius 1 is 0.906 bits per heavy atom. The van der Waals surface area contributed by atoms with Crippen LogP contribution in [0.2, 0.25) is 0 Å². The molecule has 4 aromatic rings. The highest BCUT2D eigenvalue weighted by Gasteiger charge is 2.29. The third-order valence-corrected chi connectivity index (χ3v) is 5.84. The number of benzene rings is 3. The van der Waals surface area contributed by atoms with Crippen molar-refractivity contribution in [3.63, 3.8) is 0 Å². The molecule has 5 nitrogen and oxygen atoms in total. The Kier molecular flexibility index (Phi) is 5.50. The summed E-state index contributed by atoms with van der Waals surface area (Å²) < 4.78 is 18.7. The van der Waals surface area contributed by atoms with Crippen molar-refractivity contribution < 1.29 is 13.7 Å². The summed E-state index contributed by atoms with van der Waals surface area (Å²) in [6, 6.07) is 23.8. The van der Waals surface area contributed by atoms with Crippen molar-refractivity contribution >= 4 is 5.91 Å². The van der Waals surface area contributed by atoms with Crippen molar-refractivity contribution in [1.29, 1.82) is 0 Å². The molecule has 2 heterocycles. The first kappa shape index (κ1) is 20.1. The molecule has 5 rings (SSSR count). The van der Waals surface area contributed by atoms with Gasteiger partial charge in [-0.05, 0) is 60.4 Å². The second kappa shape index (κ2) is 8.75. The molecule has 1 aliphatic rings. The van der Waals surface area contributed by atoms with Crippen molar-refractivity contribution in [3.05, 3.63) is 96.1 Å². The first-order valence-electron chi connectivity index (χ1n) is 10.7. The van der Waals surface area contributed by atoms with E-state index >= 15 is 0 Å². The highest BCUT2D eigenvalue weighted by Crippen LogP contribution is 2.29. The van der Waals surface area contributed by atoms with Gasteiger partial charge >= 0.3 is 0 Å². The minimum atomic E-state index is -0.310. The number of piperidine rings is 1. The van der Waals surface area contributed by atoms with Crippen LogP contribution < -0.4 is 0 Å². The van der Waals surface area contributed by atoms with Crippen LogP contribution in [0.1, 0.15) is 35.0 Å². The summed E-state index contributed by atoms with van der Waals surface area (Å²) >= 11 is 0. The Morgan fingerprint density at radius 2 is 1.59 bits per heavy atom. The van der Waals surface area contributed by atoms with Crippen LogP contribution >= 0.6 is 0 Å². The van der Waals surface area contributed by atoms with Gasteiger partial charge in [0, 0.05) is 24.2 Å². The lowest BCUT2D eigenvalue weighted by Gasteiger charge is -2.31. The van der Waals surface area contributed by atoms with Crippen molar-refractivity contribution in [3.8, 4) is 22.5 Å². The second-order valence-electron chi connectivity index (χ2n) is 8.00. The molecule has 1 aliphatic heterocycles. The number of carbonyl (C=O) groups is 1. The van der Waals surface area contributed by atoms with Gasteiger partial charge in [0.2, 0.25) is 11.7 Å². The molecule has 32 heavy (non-hydrogen) atoms. The third-order valence-electron chi connectivity index (χ3n) is 5.84. The minimum absolute atomic E-state index is 0.00702. The molecule has 1 saturated heterocycles. The number of hydrogen-bond donors (Lipinski definition) is 0. The van der Waals surface area contributed by atoms with Crippen LogP contribution in [0.25, 0.3) is 22.5 Å². The van der Waals surface area contributed by atoms with Crippen LogP contribution in [-0.2, 0) is 0 Å². The first-order chi connectivity index (χ1) is 15.7. The Balaban J connectivity index is 1.29. The van der Waals surface area contributed by atoms with E-state index in [-0.39, 0.29) is 17.6 Å². The van der Waals surface area contributed by atoms with Gasteiger partial charge in [-0.1, -0.05) is 47.6 Å². The average molecular weight is 427 g/mol. The number of hydrogen-bond acceptors (Lipinski definition) is 4. The molecule has 1 fully saturated rings. The molecule has 0 saturated carbocycles. The molecule has 1 aromatic heterocycles. The second-order valence-corrected chi connectivity index (χ2v) is 8.00. The van der Waals surface area contributed by atoms with Gasteiger partial charge in [0.1, 0.15) is 5.82 Å². The predicted molar refractivity (Wildman–Crippen MR) is 119 cm³/mol.